The van der Waals surface area contributed by atoms with Crippen LogP contribution in [0.4, 0.5) is 0 Å². The van der Waals surface area contributed by atoms with E-state index in [0.29, 0.717) is 12.1 Å². The fourth-order valence-corrected chi connectivity index (χ4v) is 4.37. The molecule has 2 bridgehead atoms. The molecule has 3 heterocycles. The first kappa shape index (κ1) is 16.2. The number of rotatable bonds is 3. The van der Waals surface area contributed by atoms with Crippen molar-refractivity contribution in [2.24, 2.45) is 0 Å². The molecule has 0 aromatic rings. The van der Waals surface area contributed by atoms with E-state index in [4.69, 9.17) is 4.74 Å². The molecule has 5 nitrogen and oxygen atoms in total. The number of carbonyl (C=O) groups excluding carboxylic acids is 1. The van der Waals surface area contributed by atoms with Crippen molar-refractivity contribution in [1.29, 1.82) is 0 Å². The van der Waals surface area contributed by atoms with E-state index < -0.39 is 11.1 Å². The van der Waals surface area contributed by atoms with Crippen LogP contribution in [0.15, 0.2) is 0 Å². The molecule has 22 heavy (non-hydrogen) atoms. The average molecular weight is 309 g/mol. The van der Waals surface area contributed by atoms with Gasteiger partial charge >= 0.3 is 5.97 Å². The molecule has 0 spiro atoms. The highest BCUT2D eigenvalue weighted by Crippen LogP contribution is 2.44. The zero-order valence-corrected chi connectivity index (χ0v) is 14.5. The van der Waals surface area contributed by atoms with Crippen molar-refractivity contribution in [3.63, 3.8) is 0 Å². The van der Waals surface area contributed by atoms with Gasteiger partial charge in [-0.1, -0.05) is 0 Å². The number of piperidine rings is 1. The Kier molecular flexibility index (Phi) is 4.25. The smallest absolute Gasteiger partial charge is 0.327 e. The van der Waals surface area contributed by atoms with Crippen LogP contribution in [-0.4, -0.2) is 59.2 Å². The summed E-state index contributed by atoms with van der Waals surface area (Å²) in [5.41, 5.74) is 2.84. The number of carbonyl (C=O) groups is 1. The minimum absolute atomic E-state index is 0.0297. The van der Waals surface area contributed by atoms with Crippen molar-refractivity contribution in [1.82, 2.24) is 15.3 Å². The Labute approximate surface area is 134 Å². The summed E-state index contributed by atoms with van der Waals surface area (Å²) in [7, 11) is 2.10. The third kappa shape index (κ3) is 3.03. The van der Waals surface area contributed by atoms with E-state index in [2.05, 4.69) is 22.4 Å². The lowest BCUT2D eigenvalue weighted by molar-refractivity contribution is -0.171. The third-order valence-electron chi connectivity index (χ3n) is 5.50. The quantitative estimate of drug-likeness (QED) is 0.807. The second-order valence-electron chi connectivity index (χ2n) is 8.30. The molecule has 0 radical (unpaired) electrons. The Balaban J connectivity index is 1.72. The fourth-order valence-electron chi connectivity index (χ4n) is 4.37. The number of nitrogens with one attached hydrogen (secondary N) is 1. The lowest BCUT2D eigenvalue weighted by Gasteiger charge is -2.45. The standard InChI is InChI=1S/C17H31N3O2/c1-16(2,3)22-15(21)17-8-7-14(19(17)4)11-13(12-17)18-20-9-5-6-10-20/h13-14,18H,5-12H2,1-4H3. The molecule has 3 unspecified atom stereocenters. The number of nitrogens with zero attached hydrogens (tertiary/aromatic N) is 2. The molecular formula is C17H31N3O2. The van der Waals surface area contributed by atoms with Gasteiger partial charge in [-0.3, -0.25) is 15.1 Å². The number of hydrogen-bond donors (Lipinski definition) is 1. The summed E-state index contributed by atoms with van der Waals surface area (Å²) in [4.78, 5) is 15.2. The third-order valence-corrected chi connectivity index (χ3v) is 5.50. The number of esters is 1. The summed E-state index contributed by atoms with van der Waals surface area (Å²) in [6, 6.07) is 0.899. The second-order valence-corrected chi connectivity index (χ2v) is 8.30. The molecular weight excluding hydrogens is 278 g/mol. The van der Waals surface area contributed by atoms with E-state index in [9.17, 15) is 4.79 Å². The molecule has 0 saturated carbocycles. The zero-order chi connectivity index (χ0) is 16.0. The van der Waals surface area contributed by atoms with Gasteiger partial charge in [0.2, 0.25) is 0 Å². The van der Waals surface area contributed by atoms with Crippen molar-refractivity contribution in [3.8, 4) is 0 Å². The van der Waals surface area contributed by atoms with Crippen molar-refractivity contribution in [3.05, 3.63) is 0 Å². The Morgan fingerprint density at radius 1 is 1.27 bits per heavy atom. The van der Waals surface area contributed by atoms with Crippen molar-refractivity contribution in [2.45, 2.75) is 82.5 Å². The van der Waals surface area contributed by atoms with Gasteiger partial charge in [0.25, 0.3) is 0 Å². The summed E-state index contributed by atoms with van der Waals surface area (Å²) >= 11 is 0. The first-order valence-corrected chi connectivity index (χ1v) is 8.78. The lowest BCUT2D eigenvalue weighted by atomic mass is 9.85. The van der Waals surface area contributed by atoms with Crippen LogP contribution in [0.1, 0.15) is 59.3 Å². The Morgan fingerprint density at radius 3 is 2.59 bits per heavy atom. The monoisotopic (exact) mass is 309 g/mol. The molecule has 0 aliphatic carbocycles. The van der Waals surface area contributed by atoms with E-state index in [-0.39, 0.29) is 5.97 Å². The minimum atomic E-state index is -0.423. The summed E-state index contributed by atoms with van der Waals surface area (Å²) in [5.74, 6) is -0.0297. The number of ether oxygens (including phenoxy) is 1. The lowest BCUT2D eigenvalue weighted by Crippen LogP contribution is -2.61. The van der Waals surface area contributed by atoms with Crippen LogP contribution in [0.2, 0.25) is 0 Å². The summed E-state index contributed by atoms with van der Waals surface area (Å²) in [6.45, 7) is 8.14. The maximum atomic E-state index is 12.9. The summed E-state index contributed by atoms with van der Waals surface area (Å²) in [6.07, 6.45) is 6.60. The van der Waals surface area contributed by atoms with Gasteiger partial charge in [-0.25, -0.2) is 5.01 Å². The van der Waals surface area contributed by atoms with Gasteiger partial charge in [0.15, 0.2) is 0 Å². The predicted octanol–water partition coefficient (Wildman–Crippen LogP) is 1.92. The molecule has 3 saturated heterocycles. The summed E-state index contributed by atoms with van der Waals surface area (Å²) < 4.78 is 5.76. The van der Waals surface area contributed by atoms with E-state index >= 15 is 0 Å². The van der Waals surface area contributed by atoms with Crippen LogP contribution in [0.3, 0.4) is 0 Å². The van der Waals surface area contributed by atoms with E-state index in [1.807, 2.05) is 20.8 Å². The van der Waals surface area contributed by atoms with Crippen LogP contribution >= 0.6 is 0 Å². The van der Waals surface area contributed by atoms with Crippen LogP contribution < -0.4 is 5.43 Å². The SMILES string of the molecule is CN1C2CCC1(C(=O)OC(C)(C)C)CC(NN1CCCC1)C2. The number of likely N-dealkylation sites (N-methyl/N-ethyl adjacent to an activating group) is 1. The number of hydrogen-bond acceptors (Lipinski definition) is 5. The first-order valence-electron chi connectivity index (χ1n) is 8.78. The normalized spacial score (nSPS) is 36.7. The maximum absolute atomic E-state index is 12.9. The predicted molar refractivity (Wildman–Crippen MR) is 86.3 cm³/mol. The molecule has 0 aromatic heterocycles. The van der Waals surface area contributed by atoms with Crippen molar-refractivity contribution >= 4 is 5.97 Å². The van der Waals surface area contributed by atoms with Gasteiger partial charge in [-0.05, 0) is 66.3 Å². The molecule has 0 aromatic carbocycles. The Morgan fingerprint density at radius 2 is 1.95 bits per heavy atom. The largest absolute Gasteiger partial charge is 0.459 e. The molecule has 5 heteroatoms. The second kappa shape index (κ2) is 5.77. The van der Waals surface area contributed by atoms with Gasteiger partial charge in [-0.2, -0.15) is 0 Å². The highest BCUT2D eigenvalue weighted by atomic mass is 16.6. The van der Waals surface area contributed by atoms with Gasteiger partial charge in [0, 0.05) is 25.2 Å². The van der Waals surface area contributed by atoms with Crippen LogP contribution in [-0.2, 0) is 9.53 Å². The van der Waals surface area contributed by atoms with Gasteiger partial charge in [-0.15, -0.1) is 0 Å². The minimum Gasteiger partial charge on any atom is -0.459 e. The van der Waals surface area contributed by atoms with Crippen molar-refractivity contribution < 1.29 is 9.53 Å². The Bertz CT molecular complexity index is 428. The Hall–Kier alpha value is -0.650. The van der Waals surface area contributed by atoms with Gasteiger partial charge in [0.1, 0.15) is 11.1 Å². The van der Waals surface area contributed by atoms with Crippen LogP contribution in [0, 0.1) is 0 Å². The highest BCUT2D eigenvalue weighted by molar-refractivity contribution is 5.82. The zero-order valence-electron chi connectivity index (χ0n) is 14.5. The molecule has 0 amide bonds. The molecule has 3 fully saturated rings. The summed E-state index contributed by atoms with van der Waals surface area (Å²) in [5, 5.41) is 2.35. The van der Waals surface area contributed by atoms with Crippen LogP contribution in [0.5, 0.6) is 0 Å². The molecule has 3 atom stereocenters. The van der Waals surface area contributed by atoms with Gasteiger partial charge in [0.05, 0.1) is 0 Å². The topological polar surface area (TPSA) is 44.8 Å². The van der Waals surface area contributed by atoms with Gasteiger partial charge < -0.3 is 4.74 Å². The number of fused-ring (bicyclic) bond motifs is 2. The molecule has 3 aliphatic rings. The van der Waals surface area contributed by atoms with E-state index in [1.165, 1.54) is 12.8 Å². The maximum Gasteiger partial charge on any atom is 0.327 e. The molecule has 3 aliphatic heterocycles. The highest BCUT2D eigenvalue weighted by Gasteiger charge is 2.56. The average Bonchev–Trinajstić information content (AvgIpc) is 2.94. The number of hydrazine groups is 1. The first-order chi connectivity index (χ1) is 10.3. The van der Waals surface area contributed by atoms with Crippen molar-refractivity contribution in [2.75, 3.05) is 20.1 Å². The molecule has 126 valence electrons. The molecule has 1 N–H and O–H groups in total. The van der Waals surface area contributed by atoms with E-state index in [0.717, 1.165) is 38.8 Å². The fraction of sp³-hybridized carbons (Fsp3) is 0.941. The molecule has 3 rings (SSSR count). The van der Waals surface area contributed by atoms with Crippen LogP contribution in [0.25, 0.3) is 0 Å². The van der Waals surface area contributed by atoms with E-state index in [1.54, 1.807) is 0 Å².